The van der Waals surface area contributed by atoms with E-state index in [0.29, 0.717) is 5.82 Å². The molecular formula is C11H17N3O2S. The van der Waals surface area contributed by atoms with Gasteiger partial charge in [0.05, 0.1) is 0 Å². The van der Waals surface area contributed by atoms with Gasteiger partial charge in [-0.3, -0.25) is 0 Å². The summed E-state index contributed by atoms with van der Waals surface area (Å²) >= 11 is 0. The first-order chi connectivity index (χ1) is 8.07. The molecule has 6 heteroatoms. The molecule has 0 aromatic carbocycles. The number of piperidine rings is 1. The van der Waals surface area contributed by atoms with Gasteiger partial charge in [-0.2, -0.15) is 0 Å². The molecule has 94 valence electrons. The molecule has 2 N–H and O–H groups in total. The largest absolute Gasteiger partial charge is 0.365 e. The maximum absolute atomic E-state index is 11.6. The summed E-state index contributed by atoms with van der Waals surface area (Å²) in [5, 5.41) is 6.48. The summed E-state index contributed by atoms with van der Waals surface area (Å²) < 4.78 is 23.2. The number of hydrogen-bond donors (Lipinski definition) is 2. The fourth-order valence-electron chi connectivity index (χ4n) is 1.97. The predicted molar refractivity (Wildman–Crippen MR) is 66.9 cm³/mol. The summed E-state index contributed by atoms with van der Waals surface area (Å²) in [5.41, 5.74) is 0. The Balaban J connectivity index is 2.20. The van der Waals surface area contributed by atoms with E-state index in [9.17, 15) is 8.42 Å². The Labute approximate surface area is 102 Å². The van der Waals surface area contributed by atoms with E-state index >= 15 is 0 Å². The van der Waals surface area contributed by atoms with Gasteiger partial charge in [0.1, 0.15) is 10.7 Å². The molecule has 1 aliphatic rings. The normalized spacial score (nSPS) is 21.1. The van der Waals surface area contributed by atoms with Crippen molar-refractivity contribution in [1.82, 2.24) is 10.3 Å². The molecule has 2 heterocycles. The standard InChI is InChI=1S/C11H17N3O2S/c1-17(15,16)10-5-3-7-13-11(10)14-9-4-2-6-12-8-9/h3,5,7,9,12H,2,4,6,8H2,1H3,(H,13,14). The number of hydrogen-bond acceptors (Lipinski definition) is 5. The number of aromatic nitrogens is 1. The van der Waals surface area contributed by atoms with Gasteiger partial charge in [0, 0.05) is 25.0 Å². The molecule has 0 bridgehead atoms. The van der Waals surface area contributed by atoms with Crippen LogP contribution in [0.2, 0.25) is 0 Å². The van der Waals surface area contributed by atoms with Crippen molar-refractivity contribution in [3.8, 4) is 0 Å². The minimum Gasteiger partial charge on any atom is -0.365 e. The fourth-order valence-corrected chi connectivity index (χ4v) is 2.76. The third-order valence-corrected chi connectivity index (χ3v) is 3.94. The summed E-state index contributed by atoms with van der Waals surface area (Å²) in [6.07, 6.45) is 4.94. The molecule has 0 radical (unpaired) electrons. The average Bonchev–Trinajstić information content (AvgIpc) is 2.30. The predicted octanol–water partition coefficient (Wildman–Crippen LogP) is 0.649. The van der Waals surface area contributed by atoms with E-state index in [4.69, 9.17) is 0 Å². The topological polar surface area (TPSA) is 71.1 Å². The molecule has 0 saturated carbocycles. The van der Waals surface area contributed by atoms with Crippen molar-refractivity contribution in [3.63, 3.8) is 0 Å². The van der Waals surface area contributed by atoms with Crippen molar-refractivity contribution < 1.29 is 8.42 Å². The van der Waals surface area contributed by atoms with Crippen molar-refractivity contribution >= 4 is 15.7 Å². The highest BCUT2D eigenvalue weighted by molar-refractivity contribution is 7.90. The number of anilines is 1. The molecule has 1 aromatic rings. The summed E-state index contributed by atoms with van der Waals surface area (Å²) in [6.45, 7) is 1.87. The second kappa shape index (κ2) is 5.01. The third kappa shape index (κ3) is 3.17. The number of rotatable bonds is 3. The van der Waals surface area contributed by atoms with Crippen molar-refractivity contribution in [3.05, 3.63) is 18.3 Å². The van der Waals surface area contributed by atoms with Crippen LogP contribution in [0.1, 0.15) is 12.8 Å². The maximum Gasteiger partial charge on any atom is 0.179 e. The molecular weight excluding hydrogens is 238 g/mol. The second-order valence-electron chi connectivity index (χ2n) is 4.31. The first-order valence-corrected chi connectivity index (χ1v) is 7.59. The van der Waals surface area contributed by atoms with Crippen LogP contribution in [0, 0.1) is 0 Å². The number of nitrogens with one attached hydrogen (secondary N) is 2. The molecule has 1 aliphatic heterocycles. The van der Waals surface area contributed by atoms with Crippen molar-refractivity contribution in [2.75, 3.05) is 24.7 Å². The molecule has 17 heavy (non-hydrogen) atoms. The Bertz CT molecular complexity index is 481. The number of pyridine rings is 1. The highest BCUT2D eigenvalue weighted by atomic mass is 32.2. The van der Waals surface area contributed by atoms with Crippen molar-refractivity contribution in [2.24, 2.45) is 0 Å². The molecule has 1 fully saturated rings. The van der Waals surface area contributed by atoms with Crippen LogP contribution in [-0.2, 0) is 9.84 Å². The fraction of sp³-hybridized carbons (Fsp3) is 0.545. The molecule has 2 rings (SSSR count). The Morgan fingerprint density at radius 2 is 2.35 bits per heavy atom. The second-order valence-corrected chi connectivity index (χ2v) is 6.29. The van der Waals surface area contributed by atoms with Crippen molar-refractivity contribution in [2.45, 2.75) is 23.8 Å². The average molecular weight is 255 g/mol. The Morgan fingerprint density at radius 3 is 3.00 bits per heavy atom. The highest BCUT2D eigenvalue weighted by Gasteiger charge is 2.18. The van der Waals surface area contributed by atoms with E-state index < -0.39 is 9.84 Å². The van der Waals surface area contributed by atoms with Crippen LogP contribution in [0.15, 0.2) is 23.2 Å². The van der Waals surface area contributed by atoms with E-state index in [0.717, 1.165) is 25.9 Å². The molecule has 1 saturated heterocycles. The first kappa shape index (κ1) is 12.3. The van der Waals surface area contributed by atoms with Gasteiger partial charge in [0.2, 0.25) is 0 Å². The summed E-state index contributed by atoms with van der Waals surface area (Å²) in [4.78, 5) is 4.39. The number of sulfone groups is 1. The Kier molecular flexibility index (Phi) is 3.63. The summed E-state index contributed by atoms with van der Waals surface area (Å²) in [6, 6.07) is 3.47. The van der Waals surface area contributed by atoms with Gasteiger partial charge in [-0.25, -0.2) is 13.4 Å². The van der Waals surface area contributed by atoms with Crippen molar-refractivity contribution in [1.29, 1.82) is 0 Å². The maximum atomic E-state index is 11.6. The number of nitrogens with zero attached hydrogens (tertiary/aromatic N) is 1. The van der Waals surface area contributed by atoms with Crippen LogP contribution in [0.3, 0.4) is 0 Å². The van der Waals surface area contributed by atoms with E-state index in [1.807, 2.05) is 0 Å². The van der Waals surface area contributed by atoms with Gasteiger partial charge in [-0.15, -0.1) is 0 Å². The molecule has 1 atom stereocenters. The molecule has 1 unspecified atom stereocenters. The zero-order valence-electron chi connectivity index (χ0n) is 9.81. The smallest absolute Gasteiger partial charge is 0.179 e. The van der Waals surface area contributed by atoms with Crippen LogP contribution in [-0.4, -0.2) is 38.8 Å². The van der Waals surface area contributed by atoms with Crippen LogP contribution >= 0.6 is 0 Å². The zero-order valence-corrected chi connectivity index (χ0v) is 10.6. The van der Waals surface area contributed by atoms with Crippen LogP contribution in [0.25, 0.3) is 0 Å². The van der Waals surface area contributed by atoms with Gasteiger partial charge in [-0.1, -0.05) is 0 Å². The Morgan fingerprint density at radius 1 is 1.53 bits per heavy atom. The minimum atomic E-state index is -3.23. The monoisotopic (exact) mass is 255 g/mol. The molecule has 1 aromatic heterocycles. The lowest BCUT2D eigenvalue weighted by atomic mass is 10.1. The quantitative estimate of drug-likeness (QED) is 0.830. The van der Waals surface area contributed by atoms with Crippen LogP contribution < -0.4 is 10.6 Å². The van der Waals surface area contributed by atoms with Gasteiger partial charge in [0.25, 0.3) is 0 Å². The third-order valence-electron chi connectivity index (χ3n) is 2.81. The Hall–Kier alpha value is -1.14. The highest BCUT2D eigenvalue weighted by Crippen LogP contribution is 2.19. The van der Waals surface area contributed by atoms with Gasteiger partial charge in [-0.05, 0) is 31.5 Å². The summed E-state index contributed by atoms with van der Waals surface area (Å²) in [7, 11) is -3.23. The molecule has 0 spiro atoms. The molecule has 5 nitrogen and oxygen atoms in total. The van der Waals surface area contributed by atoms with Gasteiger partial charge in [0.15, 0.2) is 9.84 Å². The lowest BCUT2D eigenvalue weighted by molar-refractivity contribution is 0.478. The first-order valence-electron chi connectivity index (χ1n) is 5.70. The van der Waals surface area contributed by atoms with E-state index in [1.165, 1.54) is 6.26 Å². The molecule has 0 aliphatic carbocycles. The lowest BCUT2D eigenvalue weighted by Gasteiger charge is -2.24. The lowest BCUT2D eigenvalue weighted by Crippen LogP contribution is -2.38. The van der Waals surface area contributed by atoms with E-state index in [-0.39, 0.29) is 10.9 Å². The van der Waals surface area contributed by atoms with Gasteiger partial charge >= 0.3 is 0 Å². The SMILES string of the molecule is CS(=O)(=O)c1cccnc1NC1CCCNC1. The van der Waals surface area contributed by atoms with E-state index in [2.05, 4.69) is 15.6 Å². The van der Waals surface area contributed by atoms with E-state index in [1.54, 1.807) is 18.3 Å². The molecule has 0 amide bonds. The van der Waals surface area contributed by atoms with Crippen LogP contribution in [0.4, 0.5) is 5.82 Å². The minimum absolute atomic E-state index is 0.249. The van der Waals surface area contributed by atoms with Gasteiger partial charge < -0.3 is 10.6 Å². The zero-order chi connectivity index (χ0) is 12.3. The summed E-state index contributed by atoms with van der Waals surface area (Å²) in [5.74, 6) is 0.462. The van der Waals surface area contributed by atoms with Crippen LogP contribution in [0.5, 0.6) is 0 Å².